The second-order valence-electron chi connectivity index (χ2n) is 6.51. The first-order valence-corrected chi connectivity index (χ1v) is 9.01. The van der Waals surface area contributed by atoms with Gasteiger partial charge in [-0.25, -0.2) is 0 Å². The molecule has 0 radical (unpaired) electrons. The van der Waals surface area contributed by atoms with E-state index in [1.165, 1.54) is 6.42 Å². The molecule has 132 valence electrons. The van der Waals surface area contributed by atoms with Crippen molar-refractivity contribution in [2.45, 2.75) is 45.6 Å². The van der Waals surface area contributed by atoms with Crippen molar-refractivity contribution in [3.05, 3.63) is 33.8 Å². The van der Waals surface area contributed by atoms with Crippen molar-refractivity contribution < 1.29 is 14.3 Å². The summed E-state index contributed by atoms with van der Waals surface area (Å²) in [5, 5.41) is 3.90. The molecule has 1 aliphatic rings. The fourth-order valence-corrected chi connectivity index (χ4v) is 3.53. The number of carbonyl (C=O) groups is 2. The van der Waals surface area contributed by atoms with Crippen LogP contribution in [0, 0.1) is 11.8 Å². The smallest absolute Gasteiger partial charge is 0.310 e. The van der Waals surface area contributed by atoms with Crippen molar-refractivity contribution >= 4 is 35.1 Å². The van der Waals surface area contributed by atoms with Gasteiger partial charge in [0.15, 0.2) is 6.61 Å². The standard InChI is InChI=1S/C18H23Cl2NO3/c1-11-4-3-5-16(12(11)2)21-17(22)10-24-18(23)8-13-6-7-14(19)9-15(13)20/h6-7,9,11-12,16H,3-5,8,10H2,1-2H3,(H,21,22)/t11-,12+,16-/m0/s1. The van der Waals surface area contributed by atoms with Gasteiger partial charge in [0, 0.05) is 16.1 Å². The normalized spacial score (nSPS) is 23.6. The average molecular weight is 372 g/mol. The van der Waals surface area contributed by atoms with Crippen LogP contribution in [0.5, 0.6) is 0 Å². The predicted octanol–water partition coefficient (Wildman–Crippen LogP) is 4.02. The molecule has 0 aromatic heterocycles. The summed E-state index contributed by atoms with van der Waals surface area (Å²) in [7, 11) is 0. The van der Waals surface area contributed by atoms with Crippen molar-refractivity contribution in [2.24, 2.45) is 11.8 Å². The Hall–Kier alpha value is -1.26. The molecule has 1 amide bonds. The lowest BCUT2D eigenvalue weighted by Gasteiger charge is -2.34. The van der Waals surface area contributed by atoms with E-state index < -0.39 is 5.97 Å². The van der Waals surface area contributed by atoms with Crippen LogP contribution in [0.25, 0.3) is 0 Å². The Morgan fingerprint density at radius 2 is 2.00 bits per heavy atom. The Balaban J connectivity index is 1.77. The molecular formula is C18H23Cl2NO3. The first kappa shape index (κ1) is 19.1. The predicted molar refractivity (Wildman–Crippen MR) is 95.2 cm³/mol. The van der Waals surface area contributed by atoms with Gasteiger partial charge >= 0.3 is 5.97 Å². The molecule has 0 unspecified atom stereocenters. The number of hydrogen-bond donors (Lipinski definition) is 1. The lowest BCUT2D eigenvalue weighted by atomic mass is 9.78. The Bertz CT molecular complexity index is 606. The highest BCUT2D eigenvalue weighted by atomic mass is 35.5. The number of nitrogens with one attached hydrogen (secondary N) is 1. The maximum atomic E-state index is 12.0. The topological polar surface area (TPSA) is 55.4 Å². The minimum Gasteiger partial charge on any atom is -0.455 e. The van der Waals surface area contributed by atoms with Gasteiger partial charge in [-0.2, -0.15) is 0 Å². The van der Waals surface area contributed by atoms with Crippen LogP contribution in [0.2, 0.25) is 10.0 Å². The molecular weight excluding hydrogens is 349 g/mol. The van der Waals surface area contributed by atoms with Crippen LogP contribution in [0.1, 0.15) is 38.7 Å². The summed E-state index contributed by atoms with van der Waals surface area (Å²) in [5.74, 6) is 0.292. The zero-order valence-corrected chi connectivity index (χ0v) is 15.5. The van der Waals surface area contributed by atoms with Gasteiger partial charge in [0.05, 0.1) is 6.42 Å². The number of halogens is 2. The molecule has 2 rings (SSSR count). The van der Waals surface area contributed by atoms with Crippen LogP contribution < -0.4 is 5.32 Å². The van der Waals surface area contributed by atoms with Crippen molar-refractivity contribution in [3.63, 3.8) is 0 Å². The van der Waals surface area contributed by atoms with E-state index in [0.29, 0.717) is 27.4 Å². The molecule has 1 fully saturated rings. The van der Waals surface area contributed by atoms with E-state index in [1.807, 2.05) is 0 Å². The van der Waals surface area contributed by atoms with E-state index in [1.54, 1.807) is 18.2 Å². The molecule has 3 atom stereocenters. The molecule has 1 saturated carbocycles. The molecule has 0 saturated heterocycles. The fraction of sp³-hybridized carbons (Fsp3) is 0.556. The number of rotatable bonds is 5. The summed E-state index contributed by atoms with van der Waals surface area (Å²) in [6.45, 7) is 4.10. The first-order chi connectivity index (χ1) is 11.4. The molecule has 1 aromatic rings. The average Bonchev–Trinajstić information content (AvgIpc) is 2.53. The SMILES string of the molecule is C[C@H]1[C@@H](NC(=O)COC(=O)Cc2ccc(Cl)cc2Cl)CCC[C@@H]1C. The summed E-state index contributed by atoms with van der Waals surface area (Å²) in [6.07, 6.45) is 3.31. The van der Waals surface area contributed by atoms with E-state index in [2.05, 4.69) is 19.2 Å². The third-order valence-corrected chi connectivity index (χ3v) is 5.35. The Labute approximate surface area is 152 Å². The number of ether oxygens (including phenoxy) is 1. The summed E-state index contributed by atoms with van der Waals surface area (Å²) in [6, 6.07) is 5.07. The minimum atomic E-state index is -0.487. The molecule has 0 bridgehead atoms. The maximum Gasteiger partial charge on any atom is 0.310 e. The lowest BCUT2D eigenvalue weighted by molar-refractivity contribution is -0.148. The van der Waals surface area contributed by atoms with Crippen molar-refractivity contribution in [1.29, 1.82) is 0 Å². The number of benzene rings is 1. The molecule has 4 nitrogen and oxygen atoms in total. The van der Waals surface area contributed by atoms with Crippen LogP contribution in [-0.4, -0.2) is 24.5 Å². The zero-order valence-electron chi connectivity index (χ0n) is 14.0. The molecule has 0 spiro atoms. The van der Waals surface area contributed by atoms with Gasteiger partial charge in [-0.3, -0.25) is 9.59 Å². The molecule has 6 heteroatoms. The van der Waals surface area contributed by atoms with Gasteiger partial charge in [0.25, 0.3) is 5.91 Å². The molecule has 1 N–H and O–H groups in total. The van der Waals surface area contributed by atoms with Crippen LogP contribution in [0.3, 0.4) is 0 Å². The van der Waals surface area contributed by atoms with Gasteiger partial charge in [-0.1, -0.05) is 56.0 Å². The van der Waals surface area contributed by atoms with Crippen LogP contribution in [0.15, 0.2) is 18.2 Å². The highest BCUT2D eigenvalue weighted by Gasteiger charge is 2.28. The van der Waals surface area contributed by atoms with E-state index in [9.17, 15) is 9.59 Å². The summed E-state index contributed by atoms with van der Waals surface area (Å²) in [5.41, 5.74) is 0.626. The van der Waals surface area contributed by atoms with Crippen molar-refractivity contribution in [2.75, 3.05) is 6.61 Å². The largest absolute Gasteiger partial charge is 0.455 e. The number of carbonyl (C=O) groups excluding carboxylic acids is 2. The number of hydrogen-bond acceptors (Lipinski definition) is 3. The van der Waals surface area contributed by atoms with Gasteiger partial charge in [-0.15, -0.1) is 0 Å². The Morgan fingerprint density at radius 1 is 1.25 bits per heavy atom. The fourth-order valence-electron chi connectivity index (χ4n) is 3.05. The zero-order chi connectivity index (χ0) is 17.7. The first-order valence-electron chi connectivity index (χ1n) is 8.25. The van der Waals surface area contributed by atoms with Crippen molar-refractivity contribution in [3.8, 4) is 0 Å². The highest BCUT2D eigenvalue weighted by Crippen LogP contribution is 2.29. The Kier molecular flexibility index (Phi) is 6.93. The quantitative estimate of drug-likeness (QED) is 0.795. The number of esters is 1. The van der Waals surface area contributed by atoms with Crippen LogP contribution in [-0.2, 0) is 20.7 Å². The van der Waals surface area contributed by atoms with Crippen molar-refractivity contribution in [1.82, 2.24) is 5.32 Å². The van der Waals surface area contributed by atoms with E-state index in [4.69, 9.17) is 27.9 Å². The lowest BCUT2D eigenvalue weighted by Crippen LogP contribution is -2.45. The van der Waals surface area contributed by atoms with E-state index in [0.717, 1.165) is 12.8 Å². The molecule has 0 heterocycles. The molecule has 24 heavy (non-hydrogen) atoms. The monoisotopic (exact) mass is 371 g/mol. The summed E-state index contributed by atoms with van der Waals surface area (Å²) in [4.78, 5) is 23.9. The van der Waals surface area contributed by atoms with Gasteiger partial charge in [0.1, 0.15) is 0 Å². The van der Waals surface area contributed by atoms with Crippen LogP contribution >= 0.6 is 23.2 Å². The molecule has 0 aliphatic heterocycles. The summed E-state index contributed by atoms with van der Waals surface area (Å²) < 4.78 is 5.05. The second-order valence-corrected chi connectivity index (χ2v) is 7.36. The van der Waals surface area contributed by atoms with E-state index in [-0.39, 0.29) is 25.0 Å². The van der Waals surface area contributed by atoms with E-state index >= 15 is 0 Å². The van der Waals surface area contributed by atoms with Gasteiger partial charge in [-0.05, 0) is 36.0 Å². The second kappa shape index (κ2) is 8.72. The molecule has 1 aliphatic carbocycles. The number of amides is 1. The third kappa shape index (κ3) is 5.38. The molecule has 1 aromatic carbocycles. The van der Waals surface area contributed by atoms with Gasteiger partial charge in [0.2, 0.25) is 0 Å². The Morgan fingerprint density at radius 3 is 2.71 bits per heavy atom. The third-order valence-electron chi connectivity index (χ3n) is 4.77. The minimum absolute atomic E-state index is 0.0140. The highest BCUT2D eigenvalue weighted by molar-refractivity contribution is 6.35. The maximum absolute atomic E-state index is 12.0. The van der Waals surface area contributed by atoms with Gasteiger partial charge < -0.3 is 10.1 Å². The van der Waals surface area contributed by atoms with Crippen LogP contribution in [0.4, 0.5) is 0 Å². The summed E-state index contributed by atoms with van der Waals surface area (Å²) >= 11 is 11.8.